The van der Waals surface area contributed by atoms with Crippen molar-refractivity contribution in [3.05, 3.63) is 78.4 Å². The van der Waals surface area contributed by atoms with Gasteiger partial charge >= 0.3 is 0 Å². The van der Waals surface area contributed by atoms with Crippen LogP contribution in [0.25, 0.3) is 20.8 Å². The molecule has 0 radical (unpaired) electrons. The van der Waals surface area contributed by atoms with Gasteiger partial charge in [-0.3, -0.25) is 0 Å². The van der Waals surface area contributed by atoms with E-state index in [-0.39, 0.29) is 5.41 Å². The van der Waals surface area contributed by atoms with Crippen LogP contribution in [0.5, 0.6) is 11.5 Å². The summed E-state index contributed by atoms with van der Waals surface area (Å²) >= 11 is 1.71. The predicted molar refractivity (Wildman–Crippen MR) is 121 cm³/mol. The lowest BCUT2D eigenvalue weighted by Crippen LogP contribution is -2.11. The number of benzene rings is 3. The van der Waals surface area contributed by atoms with E-state index in [9.17, 15) is 0 Å². The second kappa shape index (κ2) is 8.26. The molecule has 1 heterocycles. The molecular formula is C25H25NO2S. The number of aromatic nitrogens is 1. The first-order valence-corrected chi connectivity index (χ1v) is 10.6. The van der Waals surface area contributed by atoms with Crippen molar-refractivity contribution in [2.45, 2.75) is 26.2 Å². The first kappa shape index (κ1) is 19.5. The molecule has 148 valence electrons. The van der Waals surface area contributed by atoms with Gasteiger partial charge in [-0.05, 0) is 59.5 Å². The van der Waals surface area contributed by atoms with Gasteiger partial charge in [-0.1, -0.05) is 45.0 Å². The molecule has 4 aromatic rings. The largest absolute Gasteiger partial charge is 0.490 e. The first-order chi connectivity index (χ1) is 14.0. The molecule has 0 atom stereocenters. The Morgan fingerprint density at radius 2 is 1.34 bits per heavy atom. The molecule has 0 fully saturated rings. The zero-order valence-electron chi connectivity index (χ0n) is 17.0. The van der Waals surface area contributed by atoms with Crippen LogP contribution in [0.1, 0.15) is 26.3 Å². The van der Waals surface area contributed by atoms with Crippen LogP contribution in [-0.2, 0) is 5.41 Å². The van der Waals surface area contributed by atoms with Crippen LogP contribution in [0.2, 0.25) is 0 Å². The second-order valence-corrected chi connectivity index (χ2v) is 9.01. The molecule has 29 heavy (non-hydrogen) atoms. The van der Waals surface area contributed by atoms with Gasteiger partial charge in [0.15, 0.2) is 0 Å². The smallest absolute Gasteiger partial charge is 0.124 e. The van der Waals surface area contributed by atoms with Crippen molar-refractivity contribution in [2.75, 3.05) is 13.2 Å². The van der Waals surface area contributed by atoms with E-state index in [0.29, 0.717) is 13.2 Å². The maximum Gasteiger partial charge on any atom is 0.124 e. The van der Waals surface area contributed by atoms with E-state index in [1.807, 2.05) is 42.5 Å². The molecule has 0 bridgehead atoms. The number of fused-ring (bicyclic) bond motifs is 1. The van der Waals surface area contributed by atoms with E-state index in [0.717, 1.165) is 27.6 Å². The summed E-state index contributed by atoms with van der Waals surface area (Å²) in [5.74, 6) is 1.70. The Balaban J connectivity index is 1.29. The quantitative estimate of drug-likeness (QED) is 0.335. The standard InChI is InChI=1S/C25H25NO2S/c1-25(2,3)19-10-14-21(15-11-19)28-17-16-27-20-12-8-18(9-13-20)24-26-22-6-4-5-7-23(22)29-24/h4-15H,16-17H2,1-3H3. The van der Waals surface area contributed by atoms with E-state index in [1.54, 1.807) is 11.3 Å². The highest BCUT2D eigenvalue weighted by Gasteiger charge is 2.13. The summed E-state index contributed by atoms with van der Waals surface area (Å²) in [5.41, 5.74) is 3.60. The lowest BCUT2D eigenvalue weighted by atomic mass is 9.87. The van der Waals surface area contributed by atoms with Gasteiger partial charge in [0.05, 0.1) is 10.2 Å². The number of rotatable bonds is 6. The summed E-state index contributed by atoms with van der Waals surface area (Å²) in [4.78, 5) is 4.70. The van der Waals surface area contributed by atoms with Gasteiger partial charge in [0.1, 0.15) is 29.7 Å². The molecule has 0 unspecified atom stereocenters. The van der Waals surface area contributed by atoms with Crippen molar-refractivity contribution in [1.82, 2.24) is 4.98 Å². The highest BCUT2D eigenvalue weighted by Crippen LogP contribution is 2.31. The van der Waals surface area contributed by atoms with Crippen LogP contribution in [-0.4, -0.2) is 18.2 Å². The highest BCUT2D eigenvalue weighted by molar-refractivity contribution is 7.21. The third-order valence-corrected chi connectivity index (χ3v) is 5.82. The monoisotopic (exact) mass is 403 g/mol. The minimum atomic E-state index is 0.152. The van der Waals surface area contributed by atoms with Crippen LogP contribution >= 0.6 is 11.3 Å². The normalized spacial score (nSPS) is 11.6. The number of nitrogens with zero attached hydrogens (tertiary/aromatic N) is 1. The van der Waals surface area contributed by atoms with Crippen LogP contribution in [0.15, 0.2) is 72.8 Å². The fraction of sp³-hybridized carbons (Fsp3) is 0.240. The van der Waals surface area contributed by atoms with Crippen molar-refractivity contribution in [1.29, 1.82) is 0 Å². The van der Waals surface area contributed by atoms with E-state index in [1.165, 1.54) is 10.3 Å². The minimum absolute atomic E-state index is 0.152. The fourth-order valence-corrected chi connectivity index (χ4v) is 4.03. The van der Waals surface area contributed by atoms with Crippen LogP contribution in [0, 0.1) is 0 Å². The van der Waals surface area contributed by atoms with E-state index in [2.05, 4.69) is 51.1 Å². The van der Waals surface area contributed by atoms with Crippen LogP contribution in [0.3, 0.4) is 0 Å². The Bertz CT molecular complexity index is 1040. The molecule has 3 aromatic carbocycles. The van der Waals surface area contributed by atoms with Gasteiger partial charge in [0.25, 0.3) is 0 Å². The van der Waals surface area contributed by atoms with Crippen molar-refractivity contribution < 1.29 is 9.47 Å². The predicted octanol–water partition coefficient (Wildman–Crippen LogP) is 6.72. The molecule has 0 aliphatic heterocycles. The second-order valence-electron chi connectivity index (χ2n) is 7.98. The summed E-state index contributed by atoms with van der Waals surface area (Å²) in [6.45, 7) is 7.63. The highest BCUT2D eigenvalue weighted by atomic mass is 32.1. The topological polar surface area (TPSA) is 31.4 Å². The third-order valence-electron chi connectivity index (χ3n) is 4.74. The molecule has 1 aromatic heterocycles. The number of ether oxygens (including phenoxy) is 2. The third kappa shape index (κ3) is 4.77. The number of para-hydroxylation sites is 1. The number of hydrogen-bond donors (Lipinski definition) is 0. The minimum Gasteiger partial charge on any atom is -0.490 e. The molecule has 0 spiro atoms. The van der Waals surface area contributed by atoms with Gasteiger partial charge in [-0.15, -0.1) is 11.3 Å². The zero-order valence-corrected chi connectivity index (χ0v) is 17.8. The first-order valence-electron chi connectivity index (χ1n) is 9.81. The Morgan fingerprint density at radius 3 is 1.93 bits per heavy atom. The molecular weight excluding hydrogens is 378 g/mol. The molecule has 0 aliphatic carbocycles. The Labute approximate surface area is 176 Å². The maximum atomic E-state index is 5.81. The van der Waals surface area contributed by atoms with Crippen molar-refractivity contribution in [2.24, 2.45) is 0 Å². The lowest BCUT2D eigenvalue weighted by molar-refractivity contribution is 0.217. The van der Waals surface area contributed by atoms with Crippen LogP contribution in [0.4, 0.5) is 0 Å². The molecule has 4 heteroatoms. The number of thiazole rings is 1. The summed E-state index contributed by atoms with van der Waals surface area (Å²) in [5, 5.41) is 1.03. The molecule has 0 saturated heterocycles. The van der Waals surface area contributed by atoms with Gasteiger partial charge in [0.2, 0.25) is 0 Å². The van der Waals surface area contributed by atoms with Gasteiger partial charge < -0.3 is 9.47 Å². The fourth-order valence-electron chi connectivity index (χ4n) is 3.06. The maximum absolute atomic E-state index is 5.81. The van der Waals surface area contributed by atoms with Gasteiger partial charge in [0, 0.05) is 5.56 Å². The zero-order chi connectivity index (χ0) is 20.3. The molecule has 4 rings (SSSR count). The average Bonchev–Trinajstić information content (AvgIpc) is 3.16. The number of hydrogen-bond acceptors (Lipinski definition) is 4. The average molecular weight is 404 g/mol. The molecule has 0 N–H and O–H groups in total. The summed E-state index contributed by atoms with van der Waals surface area (Å²) in [6.07, 6.45) is 0. The van der Waals surface area contributed by atoms with Crippen molar-refractivity contribution >= 4 is 21.6 Å². The van der Waals surface area contributed by atoms with Gasteiger partial charge in [-0.25, -0.2) is 4.98 Å². The molecule has 0 saturated carbocycles. The van der Waals surface area contributed by atoms with E-state index < -0.39 is 0 Å². The molecule has 3 nitrogen and oxygen atoms in total. The molecule has 0 aliphatic rings. The Hall–Kier alpha value is -2.85. The van der Waals surface area contributed by atoms with E-state index in [4.69, 9.17) is 14.5 Å². The van der Waals surface area contributed by atoms with Gasteiger partial charge in [-0.2, -0.15) is 0 Å². The van der Waals surface area contributed by atoms with Crippen LogP contribution < -0.4 is 9.47 Å². The van der Waals surface area contributed by atoms with Crippen molar-refractivity contribution in [3.63, 3.8) is 0 Å². The Kier molecular flexibility index (Phi) is 5.54. The van der Waals surface area contributed by atoms with Crippen molar-refractivity contribution in [3.8, 4) is 22.1 Å². The Morgan fingerprint density at radius 1 is 0.759 bits per heavy atom. The summed E-state index contributed by atoms with van der Waals surface area (Å²) in [7, 11) is 0. The molecule has 0 amide bonds. The lowest BCUT2D eigenvalue weighted by Gasteiger charge is -2.19. The summed E-state index contributed by atoms with van der Waals surface area (Å²) < 4.78 is 12.8. The SMILES string of the molecule is CC(C)(C)c1ccc(OCCOc2ccc(-c3nc4ccccc4s3)cc2)cc1. The van der Waals surface area contributed by atoms with E-state index >= 15 is 0 Å². The summed E-state index contributed by atoms with van der Waals surface area (Å²) in [6, 6.07) is 24.6.